The molecule has 0 unspecified atom stereocenters. The van der Waals surface area contributed by atoms with E-state index in [0.717, 1.165) is 18.4 Å². The predicted molar refractivity (Wildman–Crippen MR) is 106 cm³/mol. The van der Waals surface area contributed by atoms with Crippen LogP contribution in [0.15, 0.2) is 53.4 Å². The molecule has 3 rings (SSSR count). The van der Waals surface area contributed by atoms with Gasteiger partial charge in [0.1, 0.15) is 6.04 Å². The highest BCUT2D eigenvalue weighted by Crippen LogP contribution is 2.26. The molecule has 0 radical (unpaired) electrons. The third-order valence-electron chi connectivity index (χ3n) is 4.53. The van der Waals surface area contributed by atoms with Crippen LogP contribution in [0.5, 0.6) is 0 Å². The zero-order valence-corrected chi connectivity index (χ0v) is 16.9. The summed E-state index contributed by atoms with van der Waals surface area (Å²) < 4.78 is 27.3. The second-order valence-electron chi connectivity index (χ2n) is 6.43. The topological polar surface area (TPSA) is 66.5 Å². The number of halogens is 2. The van der Waals surface area contributed by atoms with Crippen LogP contribution in [0.25, 0.3) is 0 Å². The van der Waals surface area contributed by atoms with Crippen molar-refractivity contribution in [2.45, 2.75) is 36.7 Å². The summed E-state index contributed by atoms with van der Waals surface area (Å²) in [5.74, 6) is -0.299. The van der Waals surface area contributed by atoms with Crippen LogP contribution in [0.3, 0.4) is 0 Å². The second-order valence-corrected chi connectivity index (χ2v) is 9.19. The minimum Gasteiger partial charge on any atom is -0.351 e. The molecule has 1 saturated heterocycles. The molecule has 5 nitrogen and oxygen atoms in total. The number of hydrogen-bond acceptors (Lipinski definition) is 3. The molecule has 0 aliphatic carbocycles. The maximum absolute atomic E-state index is 13.0. The minimum atomic E-state index is -3.77. The monoisotopic (exact) mass is 426 g/mol. The van der Waals surface area contributed by atoms with Crippen LogP contribution in [-0.4, -0.2) is 31.2 Å². The smallest absolute Gasteiger partial charge is 0.243 e. The molecule has 1 fully saturated rings. The van der Waals surface area contributed by atoms with Gasteiger partial charge in [0.2, 0.25) is 15.9 Å². The van der Waals surface area contributed by atoms with E-state index in [1.54, 1.807) is 12.1 Å². The normalized spacial score (nSPS) is 18.2. The zero-order valence-electron chi connectivity index (χ0n) is 14.6. The van der Waals surface area contributed by atoms with Gasteiger partial charge in [0.15, 0.2) is 0 Å². The number of sulfonamides is 1. The molecule has 2 aromatic carbocycles. The molecule has 2 aromatic rings. The van der Waals surface area contributed by atoms with Gasteiger partial charge in [0.05, 0.1) is 4.90 Å². The minimum absolute atomic E-state index is 0.140. The Morgan fingerprint density at radius 3 is 2.52 bits per heavy atom. The van der Waals surface area contributed by atoms with E-state index in [0.29, 0.717) is 29.6 Å². The number of rotatable bonds is 5. The third kappa shape index (κ3) is 4.82. The Morgan fingerprint density at radius 2 is 1.81 bits per heavy atom. The molecule has 1 heterocycles. The first-order chi connectivity index (χ1) is 12.9. The summed E-state index contributed by atoms with van der Waals surface area (Å²) in [5.41, 5.74) is 0.860. The van der Waals surface area contributed by atoms with Crippen molar-refractivity contribution >= 4 is 39.1 Å². The van der Waals surface area contributed by atoms with Crippen LogP contribution in [0.1, 0.15) is 24.8 Å². The fourth-order valence-corrected chi connectivity index (χ4v) is 5.15. The van der Waals surface area contributed by atoms with Gasteiger partial charge in [0.25, 0.3) is 0 Å². The van der Waals surface area contributed by atoms with Crippen molar-refractivity contribution in [3.05, 3.63) is 64.1 Å². The third-order valence-corrected chi connectivity index (χ3v) is 6.94. The predicted octanol–water partition coefficient (Wildman–Crippen LogP) is 3.85. The van der Waals surface area contributed by atoms with Gasteiger partial charge in [-0.3, -0.25) is 4.79 Å². The Balaban J connectivity index is 1.76. The van der Waals surface area contributed by atoms with Crippen molar-refractivity contribution < 1.29 is 13.2 Å². The van der Waals surface area contributed by atoms with Crippen molar-refractivity contribution in [2.75, 3.05) is 6.54 Å². The number of amides is 1. The molecule has 1 aliphatic rings. The largest absolute Gasteiger partial charge is 0.351 e. The summed E-state index contributed by atoms with van der Waals surface area (Å²) in [4.78, 5) is 12.9. The maximum atomic E-state index is 13.0. The summed E-state index contributed by atoms with van der Waals surface area (Å²) in [7, 11) is -3.77. The number of hydrogen-bond donors (Lipinski definition) is 1. The van der Waals surface area contributed by atoms with Crippen molar-refractivity contribution in [3.63, 3.8) is 0 Å². The van der Waals surface area contributed by atoms with Crippen molar-refractivity contribution in [1.29, 1.82) is 0 Å². The van der Waals surface area contributed by atoms with Crippen LogP contribution in [0.4, 0.5) is 0 Å². The van der Waals surface area contributed by atoms with Crippen molar-refractivity contribution in [1.82, 2.24) is 9.62 Å². The van der Waals surface area contributed by atoms with E-state index < -0.39 is 16.1 Å². The standard InChI is InChI=1S/C19H20Cl2N2O3S/c20-15-7-9-17(10-8-15)27(25,26)23-11-2-1-6-18(23)19(24)22-13-14-4-3-5-16(21)12-14/h3-5,7-10,12,18H,1-2,6,11,13H2,(H,22,24)/t18-/m0/s1. The first-order valence-electron chi connectivity index (χ1n) is 8.67. The van der Waals surface area contributed by atoms with Crippen LogP contribution in [0.2, 0.25) is 10.0 Å². The molecule has 0 spiro atoms. The summed E-state index contributed by atoms with van der Waals surface area (Å²) in [6.45, 7) is 0.616. The molecule has 27 heavy (non-hydrogen) atoms. The number of nitrogens with one attached hydrogen (secondary N) is 1. The van der Waals surface area contributed by atoms with E-state index >= 15 is 0 Å². The van der Waals surface area contributed by atoms with E-state index in [1.165, 1.54) is 28.6 Å². The van der Waals surface area contributed by atoms with Crippen LogP contribution in [0, 0.1) is 0 Å². The van der Waals surface area contributed by atoms with E-state index in [2.05, 4.69) is 5.32 Å². The molecule has 8 heteroatoms. The molecule has 1 amide bonds. The molecular weight excluding hydrogens is 407 g/mol. The van der Waals surface area contributed by atoms with E-state index in [9.17, 15) is 13.2 Å². The zero-order chi connectivity index (χ0) is 19.4. The Kier molecular flexibility index (Phi) is 6.42. The van der Waals surface area contributed by atoms with Gasteiger partial charge < -0.3 is 5.32 Å². The number of carbonyl (C=O) groups excluding carboxylic acids is 1. The molecule has 1 atom stereocenters. The quantitative estimate of drug-likeness (QED) is 0.788. The number of carbonyl (C=O) groups is 1. The Hall–Kier alpha value is -1.60. The maximum Gasteiger partial charge on any atom is 0.243 e. The molecular formula is C19H20Cl2N2O3S. The average Bonchev–Trinajstić information content (AvgIpc) is 2.66. The van der Waals surface area contributed by atoms with Crippen molar-refractivity contribution in [3.8, 4) is 0 Å². The van der Waals surface area contributed by atoms with Gasteiger partial charge in [-0.25, -0.2) is 8.42 Å². The summed E-state index contributed by atoms with van der Waals surface area (Å²) in [6.07, 6.45) is 2.03. The second kappa shape index (κ2) is 8.61. The Bertz CT molecular complexity index is 917. The highest BCUT2D eigenvalue weighted by molar-refractivity contribution is 7.89. The molecule has 0 aromatic heterocycles. The summed E-state index contributed by atoms with van der Waals surface area (Å²) in [5, 5.41) is 3.88. The lowest BCUT2D eigenvalue weighted by molar-refractivity contribution is -0.125. The lowest BCUT2D eigenvalue weighted by atomic mass is 10.0. The highest BCUT2D eigenvalue weighted by atomic mass is 35.5. The number of benzene rings is 2. The molecule has 1 aliphatic heterocycles. The van der Waals surface area contributed by atoms with Crippen LogP contribution >= 0.6 is 23.2 Å². The molecule has 1 N–H and O–H groups in total. The van der Waals surface area contributed by atoms with Crippen LogP contribution < -0.4 is 5.32 Å². The average molecular weight is 427 g/mol. The molecule has 144 valence electrons. The Morgan fingerprint density at radius 1 is 1.07 bits per heavy atom. The van der Waals surface area contributed by atoms with Gasteiger partial charge in [0, 0.05) is 23.1 Å². The summed E-state index contributed by atoms with van der Waals surface area (Å²) >= 11 is 11.8. The van der Waals surface area contributed by atoms with Gasteiger partial charge in [-0.05, 0) is 54.8 Å². The van der Waals surface area contributed by atoms with E-state index in [-0.39, 0.29) is 10.8 Å². The fraction of sp³-hybridized carbons (Fsp3) is 0.316. The van der Waals surface area contributed by atoms with E-state index in [1.807, 2.05) is 12.1 Å². The molecule has 0 saturated carbocycles. The van der Waals surface area contributed by atoms with Gasteiger partial charge in [-0.1, -0.05) is 41.8 Å². The first kappa shape index (κ1) is 20.1. The van der Waals surface area contributed by atoms with Gasteiger partial charge in [-0.2, -0.15) is 4.31 Å². The molecule has 0 bridgehead atoms. The highest BCUT2D eigenvalue weighted by Gasteiger charge is 2.37. The lowest BCUT2D eigenvalue weighted by Gasteiger charge is -2.33. The van der Waals surface area contributed by atoms with Gasteiger partial charge in [-0.15, -0.1) is 0 Å². The summed E-state index contributed by atoms with van der Waals surface area (Å²) in [6, 6.07) is 12.5. The fourth-order valence-electron chi connectivity index (χ4n) is 3.15. The SMILES string of the molecule is O=C(NCc1cccc(Cl)c1)[C@@H]1CCCCN1S(=O)(=O)c1ccc(Cl)cc1. The van der Waals surface area contributed by atoms with Crippen molar-refractivity contribution in [2.24, 2.45) is 0 Å². The van der Waals surface area contributed by atoms with Crippen LogP contribution in [-0.2, 0) is 21.4 Å². The Labute approximate surface area is 169 Å². The van der Waals surface area contributed by atoms with E-state index in [4.69, 9.17) is 23.2 Å². The van der Waals surface area contributed by atoms with Gasteiger partial charge >= 0.3 is 0 Å². The number of nitrogens with zero attached hydrogens (tertiary/aromatic N) is 1. The lowest BCUT2D eigenvalue weighted by Crippen LogP contribution is -2.51. The first-order valence-corrected chi connectivity index (χ1v) is 10.9. The number of piperidine rings is 1.